The lowest BCUT2D eigenvalue weighted by Crippen LogP contribution is -2.40. The minimum Gasteiger partial charge on any atom is -0.464 e. The van der Waals surface area contributed by atoms with Crippen LogP contribution in [0.5, 0.6) is 0 Å². The largest absolute Gasteiger partial charge is 0.464 e. The second-order valence-corrected chi connectivity index (χ2v) is 6.48. The van der Waals surface area contributed by atoms with Crippen molar-refractivity contribution < 1.29 is 27.1 Å². The van der Waals surface area contributed by atoms with Gasteiger partial charge >= 0.3 is 12.1 Å². The van der Waals surface area contributed by atoms with Gasteiger partial charge in [0.05, 0.1) is 29.0 Å². The van der Waals surface area contributed by atoms with E-state index in [1.807, 2.05) is 0 Å². The number of pyridine rings is 1. The number of hydrogen-bond donors (Lipinski definition) is 0. The van der Waals surface area contributed by atoms with Crippen LogP contribution in [0.2, 0.25) is 10.0 Å². The molecule has 10 heteroatoms. The van der Waals surface area contributed by atoms with E-state index in [9.17, 15) is 27.6 Å². The van der Waals surface area contributed by atoms with Gasteiger partial charge in [0.25, 0.3) is 0 Å². The molecule has 0 spiro atoms. The summed E-state index contributed by atoms with van der Waals surface area (Å²) in [5, 5.41) is 9.12. The Labute approximate surface area is 167 Å². The highest BCUT2D eigenvalue weighted by molar-refractivity contribution is 6.32. The van der Waals surface area contributed by atoms with Gasteiger partial charge in [0.2, 0.25) is 5.41 Å². The van der Waals surface area contributed by atoms with Gasteiger partial charge in [0.1, 0.15) is 5.82 Å². The predicted octanol–water partition coefficient (Wildman–Crippen LogP) is 5.11. The number of nitrogens with zero attached hydrogens (tertiary/aromatic N) is 2. The van der Waals surface area contributed by atoms with Gasteiger partial charge in [-0.1, -0.05) is 29.3 Å². The second kappa shape index (κ2) is 8.33. The van der Waals surface area contributed by atoms with Crippen molar-refractivity contribution in [1.29, 1.82) is 5.26 Å². The first-order valence-corrected chi connectivity index (χ1v) is 8.57. The molecular weight excluding hydrogens is 423 g/mol. The Morgan fingerprint density at radius 1 is 1.29 bits per heavy atom. The molecule has 0 fully saturated rings. The number of aromatic nitrogens is 1. The molecular formula is C18H12Cl2F4N2O2. The zero-order chi connectivity index (χ0) is 21.1. The lowest BCUT2D eigenvalue weighted by atomic mass is 9.79. The quantitative estimate of drug-likeness (QED) is 0.484. The number of benzene rings is 1. The van der Waals surface area contributed by atoms with E-state index in [1.54, 1.807) is 6.07 Å². The molecule has 4 nitrogen and oxygen atoms in total. The Morgan fingerprint density at radius 3 is 2.46 bits per heavy atom. The zero-order valence-electron chi connectivity index (χ0n) is 14.3. The summed E-state index contributed by atoms with van der Waals surface area (Å²) in [7, 11) is 0. The normalized spacial score (nSPS) is 13.5. The Balaban J connectivity index is 2.70. The van der Waals surface area contributed by atoms with Crippen LogP contribution in [0.3, 0.4) is 0 Å². The van der Waals surface area contributed by atoms with Crippen molar-refractivity contribution in [2.24, 2.45) is 0 Å². The zero-order valence-corrected chi connectivity index (χ0v) is 15.8. The van der Waals surface area contributed by atoms with Gasteiger partial charge in [-0.25, -0.2) is 9.18 Å². The third kappa shape index (κ3) is 4.21. The summed E-state index contributed by atoms with van der Waals surface area (Å²) in [5.74, 6) is -1.94. The van der Waals surface area contributed by atoms with Gasteiger partial charge in [0.15, 0.2) is 0 Å². The summed E-state index contributed by atoms with van der Waals surface area (Å²) in [5.41, 5.74) is -4.15. The maximum atomic E-state index is 14.3. The van der Waals surface area contributed by atoms with E-state index in [0.29, 0.717) is 12.3 Å². The molecule has 0 saturated heterocycles. The van der Waals surface area contributed by atoms with Crippen LogP contribution in [0, 0.1) is 17.1 Å². The second-order valence-electron chi connectivity index (χ2n) is 5.67. The molecule has 0 amide bonds. The smallest absolute Gasteiger partial charge is 0.417 e. The fourth-order valence-corrected chi connectivity index (χ4v) is 3.08. The number of hydrogen-bond acceptors (Lipinski definition) is 4. The van der Waals surface area contributed by atoms with E-state index in [1.165, 1.54) is 19.1 Å². The molecule has 0 aliphatic carbocycles. The van der Waals surface area contributed by atoms with Crippen molar-refractivity contribution in [3.05, 3.63) is 63.1 Å². The van der Waals surface area contributed by atoms with Crippen LogP contribution in [0.15, 0.2) is 30.5 Å². The number of halogens is 6. The van der Waals surface area contributed by atoms with Gasteiger partial charge in [-0.3, -0.25) is 4.98 Å². The first-order chi connectivity index (χ1) is 13.1. The first kappa shape index (κ1) is 21.9. The van der Waals surface area contributed by atoms with Crippen LogP contribution in [-0.2, 0) is 27.5 Å². The minimum atomic E-state index is -4.73. The Kier molecular flexibility index (Phi) is 6.52. The van der Waals surface area contributed by atoms with E-state index in [4.69, 9.17) is 27.9 Å². The van der Waals surface area contributed by atoms with Crippen LogP contribution in [0.4, 0.5) is 17.6 Å². The van der Waals surface area contributed by atoms with Crippen molar-refractivity contribution in [2.75, 3.05) is 6.61 Å². The molecule has 1 atom stereocenters. The molecule has 2 aromatic rings. The molecule has 0 N–H and O–H groups in total. The van der Waals surface area contributed by atoms with Gasteiger partial charge in [-0.15, -0.1) is 0 Å². The van der Waals surface area contributed by atoms with Crippen LogP contribution < -0.4 is 0 Å². The van der Waals surface area contributed by atoms with Crippen molar-refractivity contribution in [3.8, 4) is 6.07 Å². The summed E-state index contributed by atoms with van der Waals surface area (Å²) in [6, 6.07) is 5.96. The third-order valence-corrected chi connectivity index (χ3v) is 4.53. The van der Waals surface area contributed by atoms with Crippen LogP contribution >= 0.6 is 23.2 Å². The molecule has 0 saturated carbocycles. The number of rotatable bonds is 5. The topological polar surface area (TPSA) is 63.0 Å². The Hall–Kier alpha value is -2.37. The molecule has 28 heavy (non-hydrogen) atoms. The van der Waals surface area contributed by atoms with Crippen LogP contribution in [-0.4, -0.2) is 17.6 Å². The maximum Gasteiger partial charge on any atom is 0.417 e. The van der Waals surface area contributed by atoms with E-state index >= 15 is 0 Å². The van der Waals surface area contributed by atoms with E-state index in [2.05, 4.69) is 4.98 Å². The summed E-state index contributed by atoms with van der Waals surface area (Å²) in [6.07, 6.45) is -4.93. The lowest BCUT2D eigenvalue weighted by Gasteiger charge is -2.26. The molecule has 0 aliphatic rings. The van der Waals surface area contributed by atoms with Gasteiger partial charge < -0.3 is 4.74 Å². The van der Waals surface area contributed by atoms with Crippen LogP contribution in [0.1, 0.15) is 23.7 Å². The maximum absolute atomic E-state index is 14.3. The molecule has 0 unspecified atom stereocenters. The standard InChI is InChI=1S/C18H12Cl2F4N2O2/c1-2-28-16(27)17(9-25,7-11-12(19)4-3-5-14(11)21)15-13(20)6-10(8-26-15)18(22,23)24/h3-6,8H,2,7H2,1H3/t17-/m0/s1. The lowest BCUT2D eigenvalue weighted by molar-refractivity contribution is -0.148. The highest BCUT2D eigenvalue weighted by atomic mass is 35.5. The number of ether oxygens (including phenoxy) is 1. The number of carbonyl (C=O) groups is 1. The number of esters is 1. The minimum absolute atomic E-state index is 0.0769. The summed E-state index contributed by atoms with van der Waals surface area (Å²) in [6.45, 7) is 1.34. The Bertz CT molecular complexity index is 924. The molecule has 148 valence electrons. The van der Waals surface area contributed by atoms with Crippen molar-refractivity contribution in [1.82, 2.24) is 4.98 Å². The number of nitriles is 1. The molecule has 0 bridgehead atoms. The fourth-order valence-electron chi connectivity index (χ4n) is 2.52. The van der Waals surface area contributed by atoms with Gasteiger partial charge in [-0.2, -0.15) is 18.4 Å². The SMILES string of the molecule is CCOC(=O)[C@](C#N)(Cc1c(F)cccc1Cl)c1ncc(C(F)(F)F)cc1Cl. The number of alkyl halides is 3. The summed E-state index contributed by atoms with van der Waals surface area (Å²) >= 11 is 11.9. The molecule has 1 aromatic carbocycles. The van der Waals surface area contributed by atoms with Crippen LogP contribution in [0.25, 0.3) is 0 Å². The highest BCUT2D eigenvalue weighted by Gasteiger charge is 2.47. The van der Waals surface area contributed by atoms with E-state index in [0.717, 1.165) is 6.07 Å². The Morgan fingerprint density at radius 2 is 1.96 bits per heavy atom. The van der Waals surface area contributed by atoms with Crippen molar-refractivity contribution in [2.45, 2.75) is 24.9 Å². The van der Waals surface area contributed by atoms with E-state index < -0.39 is 46.1 Å². The summed E-state index contributed by atoms with van der Waals surface area (Å²) in [4.78, 5) is 16.2. The van der Waals surface area contributed by atoms with Crippen molar-refractivity contribution >= 4 is 29.2 Å². The average Bonchev–Trinajstić information content (AvgIpc) is 2.62. The molecule has 1 aromatic heterocycles. The summed E-state index contributed by atoms with van der Waals surface area (Å²) < 4.78 is 57.8. The molecule has 2 rings (SSSR count). The number of carbonyl (C=O) groups excluding carboxylic acids is 1. The first-order valence-electron chi connectivity index (χ1n) is 7.81. The van der Waals surface area contributed by atoms with Crippen molar-refractivity contribution in [3.63, 3.8) is 0 Å². The average molecular weight is 435 g/mol. The van der Waals surface area contributed by atoms with Gasteiger partial charge in [0, 0.05) is 23.2 Å². The molecule has 1 heterocycles. The van der Waals surface area contributed by atoms with Gasteiger partial charge in [-0.05, 0) is 25.1 Å². The molecule has 0 radical (unpaired) electrons. The molecule has 0 aliphatic heterocycles. The fraction of sp³-hybridized carbons (Fsp3) is 0.278. The highest BCUT2D eigenvalue weighted by Crippen LogP contribution is 2.38. The third-order valence-electron chi connectivity index (χ3n) is 3.89. The predicted molar refractivity (Wildman–Crippen MR) is 93.3 cm³/mol. The van der Waals surface area contributed by atoms with E-state index in [-0.39, 0.29) is 17.2 Å². The monoisotopic (exact) mass is 434 g/mol.